The quantitative estimate of drug-likeness (QED) is 0.511. The Bertz CT molecular complexity index is 1120. The zero-order chi connectivity index (χ0) is 21.1. The average molecular weight is 415 g/mol. The van der Waals surface area contributed by atoms with Crippen LogP contribution in [0.3, 0.4) is 0 Å². The second-order valence-electron chi connectivity index (χ2n) is 6.32. The van der Waals surface area contributed by atoms with Gasteiger partial charge < -0.3 is 10.1 Å². The smallest absolute Gasteiger partial charge is 0.342 e. The zero-order valence-corrected chi connectivity index (χ0v) is 16.8. The van der Waals surface area contributed by atoms with E-state index in [4.69, 9.17) is 16.3 Å². The van der Waals surface area contributed by atoms with Gasteiger partial charge in [0.25, 0.3) is 11.5 Å². The highest BCUT2D eigenvalue weighted by Gasteiger charge is 2.24. The van der Waals surface area contributed by atoms with Crippen LogP contribution in [-0.4, -0.2) is 32.3 Å². The molecule has 0 bridgehead atoms. The number of carbonyl (C=O) groups is 2. The summed E-state index contributed by atoms with van der Waals surface area (Å²) < 4.78 is 8.24. The number of nitrogens with one attached hydrogen (secondary N) is 1. The highest BCUT2D eigenvalue weighted by Crippen LogP contribution is 2.16. The molecule has 0 fully saturated rings. The van der Waals surface area contributed by atoms with Crippen molar-refractivity contribution in [1.82, 2.24) is 14.3 Å². The van der Waals surface area contributed by atoms with Crippen LogP contribution in [0.4, 0.5) is 5.69 Å². The molecular formula is C20H19ClN4O4. The Morgan fingerprint density at radius 1 is 1.17 bits per heavy atom. The third kappa shape index (κ3) is 4.07. The molecule has 1 atom stereocenters. The number of esters is 1. The van der Waals surface area contributed by atoms with Gasteiger partial charge in [0, 0.05) is 13.2 Å². The fraction of sp³-hybridized carbons (Fsp3) is 0.200. The lowest BCUT2D eigenvalue weighted by molar-refractivity contribution is -0.123. The number of amides is 1. The van der Waals surface area contributed by atoms with Crippen LogP contribution in [0.5, 0.6) is 0 Å². The van der Waals surface area contributed by atoms with E-state index in [1.807, 2.05) is 18.2 Å². The maximum Gasteiger partial charge on any atom is 0.342 e. The number of carbonyl (C=O) groups excluding carboxylic acids is 2. The number of nitrogens with zero attached hydrogens (tertiary/aromatic N) is 3. The standard InChI is InChI=1S/C20H19ClN4O4/c1-12-16(19(27)25(24(12)3)14-8-5-4-6-9-14)23-18(26)13(2)29-20(28)15-10-7-11-22-17(15)21/h4-11,13H,1-3H3,(H,23,26)/t13-/m0/s1. The second-order valence-corrected chi connectivity index (χ2v) is 6.67. The van der Waals surface area contributed by atoms with Crippen LogP contribution >= 0.6 is 11.6 Å². The lowest BCUT2D eigenvalue weighted by atomic mass is 10.3. The molecule has 1 N–H and O–H groups in total. The van der Waals surface area contributed by atoms with Gasteiger partial charge in [0.15, 0.2) is 6.10 Å². The molecule has 9 heteroatoms. The normalized spacial score (nSPS) is 11.7. The molecule has 0 radical (unpaired) electrons. The molecule has 3 aromatic rings. The number of aromatic nitrogens is 3. The summed E-state index contributed by atoms with van der Waals surface area (Å²) in [6.07, 6.45) is 0.286. The number of benzene rings is 1. The van der Waals surface area contributed by atoms with E-state index in [0.29, 0.717) is 11.4 Å². The molecule has 0 aliphatic heterocycles. The van der Waals surface area contributed by atoms with Gasteiger partial charge in [-0.3, -0.25) is 14.3 Å². The number of pyridine rings is 1. The Labute approximate surface area is 171 Å². The molecule has 8 nitrogen and oxygen atoms in total. The van der Waals surface area contributed by atoms with E-state index in [1.54, 1.807) is 30.8 Å². The highest BCUT2D eigenvalue weighted by atomic mass is 35.5. The second kappa shape index (κ2) is 8.32. The highest BCUT2D eigenvalue weighted by molar-refractivity contribution is 6.32. The molecule has 0 saturated carbocycles. The molecule has 2 heterocycles. The van der Waals surface area contributed by atoms with Gasteiger partial charge in [0.2, 0.25) is 0 Å². The molecule has 0 aliphatic carbocycles. The van der Waals surface area contributed by atoms with Crippen molar-refractivity contribution in [3.05, 3.63) is 75.4 Å². The Balaban J connectivity index is 1.80. The minimum absolute atomic E-state index is 0.0187. The van der Waals surface area contributed by atoms with Crippen LogP contribution in [0, 0.1) is 6.92 Å². The van der Waals surface area contributed by atoms with Gasteiger partial charge in [-0.2, -0.15) is 0 Å². The van der Waals surface area contributed by atoms with Gasteiger partial charge in [-0.1, -0.05) is 29.8 Å². The van der Waals surface area contributed by atoms with Crippen LogP contribution in [-0.2, 0) is 16.6 Å². The van der Waals surface area contributed by atoms with E-state index >= 15 is 0 Å². The van der Waals surface area contributed by atoms with Crippen molar-refractivity contribution in [2.75, 3.05) is 5.32 Å². The molecule has 0 spiro atoms. The molecule has 1 amide bonds. The van der Waals surface area contributed by atoms with E-state index in [0.717, 1.165) is 0 Å². The summed E-state index contributed by atoms with van der Waals surface area (Å²) in [6.45, 7) is 3.12. The number of hydrogen-bond acceptors (Lipinski definition) is 5. The van der Waals surface area contributed by atoms with E-state index < -0.39 is 23.5 Å². The fourth-order valence-electron chi connectivity index (χ4n) is 2.75. The summed E-state index contributed by atoms with van der Waals surface area (Å²) in [7, 11) is 1.72. The summed E-state index contributed by atoms with van der Waals surface area (Å²) in [4.78, 5) is 41.4. The Hall–Kier alpha value is -3.39. The minimum Gasteiger partial charge on any atom is -0.449 e. The van der Waals surface area contributed by atoms with Gasteiger partial charge >= 0.3 is 5.97 Å². The van der Waals surface area contributed by atoms with Crippen LogP contribution in [0.1, 0.15) is 23.0 Å². The predicted octanol–water partition coefficient (Wildman–Crippen LogP) is 2.72. The van der Waals surface area contributed by atoms with Gasteiger partial charge in [-0.15, -0.1) is 0 Å². The monoisotopic (exact) mass is 414 g/mol. The Morgan fingerprint density at radius 2 is 1.86 bits per heavy atom. The molecule has 2 aromatic heterocycles. The number of para-hydroxylation sites is 1. The molecule has 29 heavy (non-hydrogen) atoms. The summed E-state index contributed by atoms with van der Waals surface area (Å²) in [6, 6.07) is 12.0. The fourth-order valence-corrected chi connectivity index (χ4v) is 2.95. The molecule has 0 saturated heterocycles. The summed E-state index contributed by atoms with van der Waals surface area (Å²) >= 11 is 5.87. The van der Waals surface area contributed by atoms with E-state index in [1.165, 1.54) is 29.9 Å². The van der Waals surface area contributed by atoms with Crippen molar-refractivity contribution >= 4 is 29.2 Å². The molecule has 1 aromatic carbocycles. The van der Waals surface area contributed by atoms with Gasteiger partial charge in [0.05, 0.1) is 16.9 Å². The number of anilines is 1. The Morgan fingerprint density at radius 3 is 2.52 bits per heavy atom. The van der Waals surface area contributed by atoms with Crippen LogP contribution < -0.4 is 10.9 Å². The van der Waals surface area contributed by atoms with Crippen molar-refractivity contribution in [2.24, 2.45) is 7.05 Å². The topological polar surface area (TPSA) is 95.2 Å². The first kappa shape index (κ1) is 20.3. The van der Waals surface area contributed by atoms with Gasteiger partial charge in [-0.25, -0.2) is 14.5 Å². The molecule has 0 unspecified atom stereocenters. The zero-order valence-electron chi connectivity index (χ0n) is 16.0. The number of hydrogen-bond donors (Lipinski definition) is 1. The first-order valence-corrected chi connectivity index (χ1v) is 9.15. The lowest BCUT2D eigenvalue weighted by Gasteiger charge is -2.13. The van der Waals surface area contributed by atoms with E-state index in [9.17, 15) is 14.4 Å². The third-order valence-corrected chi connectivity index (χ3v) is 4.74. The van der Waals surface area contributed by atoms with Crippen molar-refractivity contribution in [1.29, 1.82) is 0 Å². The van der Waals surface area contributed by atoms with Crippen molar-refractivity contribution in [2.45, 2.75) is 20.0 Å². The van der Waals surface area contributed by atoms with E-state index in [-0.39, 0.29) is 16.4 Å². The average Bonchev–Trinajstić information content (AvgIpc) is 2.92. The van der Waals surface area contributed by atoms with E-state index in [2.05, 4.69) is 10.3 Å². The SMILES string of the molecule is Cc1c(NC(=O)[C@H](C)OC(=O)c2cccnc2Cl)c(=O)n(-c2ccccc2)n1C. The maximum absolute atomic E-state index is 12.9. The molecule has 3 rings (SSSR count). The van der Waals surface area contributed by atoms with Crippen LogP contribution in [0.2, 0.25) is 5.15 Å². The molecule has 0 aliphatic rings. The maximum atomic E-state index is 12.9. The Kier molecular flexibility index (Phi) is 5.84. The summed E-state index contributed by atoms with van der Waals surface area (Å²) in [5, 5.41) is 2.54. The van der Waals surface area contributed by atoms with Crippen molar-refractivity contribution in [3.8, 4) is 5.69 Å². The largest absolute Gasteiger partial charge is 0.449 e. The summed E-state index contributed by atoms with van der Waals surface area (Å²) in [5.41, 5.74) is 0.994. The number of ether oxygens (including phenoxy) is 1. The third-order valence-electron chi connectivity index (χ3n) is 4.43. The van der Waals surface area contributed by atoms with Gasteiger partial charge in [-0.05, 0) is 38.1 Å². The van der Waals surface area contributed by atoms with Crippen LogP contribution in [0.15, 0.2) is 53.5 Å². The van der Waals surface area contributed by atoms with Crippen molar-refractivity contribution in [3.63, 3.8) is 0 Å². The van der Waals surface area contributed by atoms with Crippen molar-refractivity contribution < 1.29 is 14.3 Å². The molecule has 150 valence electrons. The summed E-state index contributed by atoms with van der Waals surface area (Å²) in [5.74, 6) is -1.42. The lowest BCUT2D eigenvalue weighted by Crippen LogP contribution is -2.32. The number of rotatable bonds is 5. The number of halogens is 1. The predicted molar refractivity (Wildman–Crippen MR) is 109 cm³/mol. The first-order chi connectivity index (χ1) is 13.8. The minimum atomic E-state index is -1.15. The van der Waals surface area contributed by atoms with Gasteiger partial charge in [0.1, 0.15) is 10.8 Å². The van der Waals surface area contributed by atoms with Crippen LogP contribution in [0.25, 0.3) is 5.69 Å². The molecular weight excluding hydrogens is 396 g/mol. The first-order valence-electron chi connectivity index (χ1n) is 8.77.